The van der Waals surface area contributed by atoms with Gasteiger partial charge in [-0.2, -0.15) is 0 Å². The first-order valence-electron chi connectivity index (χ1n) is 6.31. The number of aliphatic hydroxyl groups is 1. The lowest BCUT2D eigenvalue weighted by Gasteiger charge is -2.43. The van der Waals surface area contributed by atoms with Gasteiger partial charge in [0.15, 0.2) is 0 Å². The highest BCUT2D eigenvalue weighted by atomic mass is 16.3. The van der Waals surface area contributed by atoms with E-state index in [4.69, 9.17) is 5.73 Å². The van der Waals surface area contributed by atoms with Crippen LogP contribution in [0, 0.1) is 5.92 Å². The van der Waals surface area contributed by atoms with Gasteiger partial charge in [-0.3, -0.25) is 0 Å². The van der Waals surface area contributed by atoms with Crippen molar-refractivity contribution in [2.45, 2.75) is 43.7 Å². The summed E-state index contributed by atoms with van der Waals surface area (Å²) in [5, 5.41) is 10.2. The van der Waals surface area contributed by atoms with Gasteiger partial charge >= 0.3 is 0 Å². The Kier molecular flexibility index (Phi) is 2.49. The lowest BCUT2D eigenvalue weighted by atomic mass is 9.65. The maximum atomic E-state index is 10.2. The fourth-order valence-corrected chi connectivity index (χ4v) is 3.57. The lowest BCUT2D eigenvalue weighted by molar-refractivity contribution is 0.0785. The fraction of sp³-hybridized carbons (Fsp3) is 0.571. The minimum atomic E-state index is -0.462. The van der Waals surface area contributed by atoms with E-state index in [1.807, 2.05) is 12.1 Å². The molecular formula is C14H19NO. The van der Waals surface area contributed by atoms with Crippen LogP contribution in [-0.2, 0) is 0 Å². The van der Waals surface area contributed by atoms with Crippen molar-refractivity contribution in [3.05, 3.63) is 35.4 Å². The molecule has 1 aromatic rings. The molecule has 16 heavy (non-hydrogen) atoms. The molecule has 0 heterocycles. The highest BCUT2D eigenvalue weighted by Crippen LogP contribution is 2.47. The Morgan fingerprint density at radius 3 is 2.56 bits per heavy atom. The second-order valence-corrected chi connectivity index (χ2v) is 5.21. The van der Waals surface area contributed by atoms with Crippen molar-refractivity contribution in [3.8, 4) is 0 Å². The second-order valence-electron chi connectivity index (χ2n) is 5.21. The van der Waals surface area contributed by atoms with E-state index in [1.165, 1.54) is 31.2 Å². The van der Waals surface area contributed by atoms with Gasteiger partial charge in [-0.05, 0) is 35.8 Å². The maximum Gasteiger partial charge on any atom is 0.0946 e. The van der Waals surface area contributed by atoms with Crippen LogP contribution < -0.4 is 5.73 Å². The number of aliphatic hydroxyl groups excluding tert-OH is 1. The molecule has 1 saturated carbocycles. The quantitative estimate of drug-likeness (QED) is 0.700. The second kappa shape index (κ2) is 3.86. The molecule has 0 aliphatic heterocycles. The molecule has 86 valence electrons. The molecule has 2 aliphatic carbocycles. The highest BCUT2D eigenvalue weighted by Gasteiger charge is 2.40. The van der Waals surface area contributed by atoms with E-state index in [0.717, 1.165) is 5.56 Å². The first kappa shape index (κ1) is 10.3. The molecule has 2 heteroatoms. The van der Waals surface area contributed by atoms with Crippen LogP contribution in [0.1, 0.15) is 48.8 Å². The molecule has 0 spiro atoms. The topological polar surface area (TPSA) is 46.2 Å². The zero-order chi connectivity index (χ0) is 11.1. The summed E-state index contributed by atoms with van der Waals surface area (Å²) in [5.74, 6) is 1.07. The monoisotopic (exact) mass is 217 g/mol. The third-order valence-electron chi connectivity index (χ3n) is 4.39. The first-order valence-corrected chi connectivity index (χ1v) is 6.31. The van der Waals surface area contributed by atoms with E-state index in [1.54, 1.807) is 0 Å². The summed E-state index contributed by atoms with van der Waals surface area (Å²) < 4.78 is 0. The minimum Gasteiger partial charge on any atom is -0.387 e. The number of hydrogen-bond donors (Lipinski definition) is 2. The molecule has 0 bridgehead atoms. The zero-order valence-electron chi connectivity index (χ0n) is 9.47. The molecule has 4 atom stereocenters. The number of nitrogens with two attached hydrogens (primary N) is 1. The Morgan fingerprint density at radius 1 is 1.06 bits per heavy atom. The van der Waals surface area contributed by atoms with Crippen molar-refractivity contribution in [1.82, 2.24) is 0 Å². The van der Waals surface area contributed by atoms with Gasteiger partial charge in [-0.25, -0.2) is 0 Å². The van der Waals surface area contributed by atoms with Crippen LogP contribution in [0.4, 0.5) is 0 Å². The molecule has 2 nitrogen and oxygen atoms in total. The van der Waals surface area contributed by atoms with Gasteiger partial charge in [0.2, 0.25) is 0 Å². The summed E-state index contributed by atoms with van der Waals surface area (Å²) in [4.78, 5) is 0. The first-order chi connectivity index (χ1) is 7.79. The lowest BCUT2D eigenvalue weighted by Crippen LogP contribution is -2.44. The molecule has 0 saturated heterocycles. The van der Waals surface area contributed by atoms with E-state index in [2.05, 4.69) is 12.1 Å². The van der Waals surface area contributed by atoms with Crippen LogP contribution in [-0.4, -0.2) is 11.1 Å². The molecule has 1 aromatic carbocycles. The Bertz CT molecular complexity index is 390. The summed E-state index contributed by atoms with van der Waals surface area (Å²) in [5.41, 5.74) is 8.61. The van der Waals surface area contributed by atoms with E-state index in [9.17, 15) is 5.11 Å². The van der Waals surface area contributed by atoms with Crippen LogP contribution in [0.25, 0.3) is 0 Å². The molecule has 3 rings (SSSR count). The van der Waals surface area contributed by atoms with Gasteiger partial charge in [0.05, 0.1) is 6.10 Å². The predicted molar refractivity (Wildman–Crippen MR) is 64.1 cm³/mol. The third-order valence-corrected chi connectivity index (χ3v) is 4.39. The van der Waals surface area contributed by atoms with Gasteiger partial charge in [0.1, 0.15) is 0 Å². The van der Waals surface area contributed by atoms with Crippen LogP contribution in [0.3, 0.4) is 0 Å². The largest absolute Gasteiger partial charge is 0.387 e. The Labute approximate surface area is 96.5 Å². The SMILES string of the molecule is N[C@H]1[C@@H]2CCCC[C@H]2c2ccccc2[C@H]1O. The number of benzene rings is 1. The van der Waals surface area contributed by atoms with E-state index in [-0.39, 0.29) is 6.04 Å². The summed E-state index contributed by atoms with van der Waals surface area (Å²) in [6.07, 6.45) is 4.53. The van der Waals surface area contributed by atoms with Crippen molar-refractivity contribution in [1.29, 1.82) is 0 Å². The van der Waals surface area contributed by atoms with Gasteiger partial charge < -0.3 is 10.8 Å². The van der Waals surface area contributed by atoms with Crippen molar-refractivity contribution >= 4 is 0 Å². The van der Waals surface area contributed by atoms with Crippen molar-refractivity contribution in [3.63, 3.8) is 0 Å². The highest BCUT2D eigenvalue weighted by molar-refractivity contribution is 5.37. The smallest absolute Gasteiger partial charge is 0.0946 e. The van der Waals surface area contributed by atoms with E-state index in [0.29, 0.717) is 11.8 Å². The molecule has 0 radical (unpaired) electrons. The molecule has 3 N–H and O–H groups in total. The maximum absolute atomic E-state index is 10.2. The standard InChI is InChI=1S/C14H19NO/c15-13-11-7-3-1-5-9(11)10-6-2-4-8-12(10)14(13)16/h2,4,6,8-9,11,13-14,16H,1,3,5,7,15H2/t9-,11+,13-,14+/m0/s1. The fourth-order valence-electron chi connectivity index (χ4n) is 3.57. The Morgan fingerprint density at radius 2 is 1.75 bits per heavy atom. The van der Waals surface area contributed by atoms with Crippen LogP contribution >= 0.6 is 0 Å². The van der Waals surface area contributed by atoms with Gasteiger partial charge in [-0.15, -0.1) is 0 Å². The van der Waals surface area contributed by atoms with Gasteiger partial charge in [0, 0.05) is 6.04 Å². The zero-order valence-corrected chi connectivity index (χ0v) is 9.47. The number of fused-ring (bicyclic) bond motifs is 3. The average Bonchev–Trinajstić information content (AvgIpc) is 2.36. The van der Waals surface area contributed by atoms with Crippen LogP contribution in [0.15, 0.2) is 24.3 Å². The molecular weight excluding hydrogens is 198 g/mol. The summed E-state index contributed by atoms with van der Waals surface area (Å²) >= 11 is 0. The van der Waals surface area contributed by atoms with E-state index >= 15 is 0 Å². The van der Waals surface area contributed by atoms with Crippen molar-refractivity contribution < 1.29 is 5.11 Å². The number of rotatable bonds is 0. The van der Waals surface area contributed by atoms with Gasteiger partial charge in [-0.1, -0.05) is 37.1 Å². The molecule has 0 aromatic heterocycles. The third kappa shape index (κ3) is 1.40. The molecule has 0 unspecified atom stereocenters. The average molecular weight is 217 g/mol. The molecule has 0 amide bonds. The predicted octanol–water partition coefficient (Wildman–Crippen LogP) is 2.33. The Balaban J connectivity index is 2.07. The van der Waals surface area contributed by atoms with E-state index < -0.39 is 6.10 Å². The summed E-state index contributed by atoms with van der Waals surface area (Å²) in [7, 11) is 0. The van der Waals surface area contributed by atoms with Crippen LogP contribution in [0.2, 0.25) is 0 Å². The summed E-state index contributed by atoms with van der Waals surface area (Å²) in [6.45, 7) is 0. The normalized spacial score (nSPS) is 37.6. The summed E-state index contributed by atoms with van der Waals surface area (Å²) in [6, 6.07) is 8.21. The molecule has 1 fully saturated rings. The van der Waals surface area contributed by atoms with Crippen molar-refractivity contribution in [2.75, 3.05) is 0 Å². The van der Waals surface area contributed by atoms with Gasteiger partial charge in [0.25, 0.3) is 0 Å². The number of hydrogen-bond acceptors (Lipinski definition) is 2. The Hall–Kier alpha value is -0.860. The minimum absolute atomic E-state index is 0.0693. The molecule has 2 aliphatic rings. The van der Waals surface area contributed by atoms with Crippen LogP contribution in [0.5, 0.6) is 0 Å². The van der Waals surface area contributed by atoms with Crippen molar-refractivity contribution in [2.24, 2.45) is 11.7 Å².